The molecule has 1 saturated heterocycles. The third-order valence-electron chi connectivity index (χ3n) is 5.38. The number of rotatable bonds is 9. The second kappa shape index (κ2) is 11.0. The summed E-state index contributed by atoms with van der Waals surface area (Å²) in [6.07, 6.45) is 2.36. The Morgan fingerprint density at radius 2 is 1.76 bits per heavy atom. The van der Waals surface area contributed by atoms with Crippen molar-refractivity contribution in [3.8, 4) is 5.75 Å². The number of hydrogen-bond donors (Lipinski definition) is 1. The molecule has 1 amide bonds. The molecule has 0 radical (unpaired) electrons. The number of benzene rings is 2. The number of thioether (sulfide) groups is 1. The Morgan fingerprint density at radius 1 is 1.03 bits per heavy atom. The summed E-state index contributed by atoms with van der Waals surface area (Å²) in [5.74, 6) is 0.137. The predicted octanol–water partition coefficient (Wildman–Crippen LogP) is 4.52. The number of amides is 1. The predicted molar refractivity (Wildman–Crippen MR) is 129 cm³/mol. The highest BCUT2D eigenvalue weighted by atomic mass is 32.2. The van der Waals surface area contributed by atoms with Crippen LogP contribution in [-0.2, 0) is 22.4 Å². The fraction of sp³-hybridized carbons (Fsp3) is 0.231. The molecule has 4 rings (SSSR count). The molecule has 174 valence electrons. The molecule has 2 heterocycles. The van der Waals surface area contributed by atoms with E-state index in [2.05, 4.69) is 10.3 Å². The highest BCUT2D eigenvalue weighted by Gasteiger charge is 2.31. The number of ether oxygens (including phenoxy) is 2. The quantitative estimate of drug-likeness (QED) is 0.454. The Morgan fingerprint density at radius 3 is 2.38 bits per heavy atom. The molecule has 0 aliphatic carbocycles. The van der Waals surface area contributed by atoms with Crippen molar-refractivity contribution in [1.82, 2.24) is 10.3 Å². The largest absolute Gasteiger partial charge is 0.489 e. The molecule has 1 aliphatic heterocycles. The van der Waals surface area contributed by atoms with E-state index in [0.29, 0.717) is 35.2 Å². The molecule has 0 saturated carbocycles. The van der Waals surface area contributed by atoms with Gasteiger partial charge in [0.15, 0.2) is 6.10 Å². The van der Waals surface area contributed by atoms with E-state index in [1.165, 1.54) is 0 Å². The van der Waals surface area contributed by atoms with Gasteiger partial charge in [0.1, 0.15) is 18.4 Å². The van der Waals surface area contributed by atoms with Crippen LogP contribution in [0.25, 0.3) is 0 Å². The first-order valence-corrected chi connectivity index (χ1v) is 11.8. The lowest BCUT2D eigenvalue weighted by Gasteiger charge is -2.19. The van der Waals surface area contributed by atoms with Crippen molar-refractivity contribution in [3.63, 3.8) is 0 Å². The van der Waals surface area contributed by atoms with Crippen molar-refractivity contribution in [2.45, 2.75) is 31.9 Å². The summed E-state index contributed by atoms with van der Waals surface area (Å²) in [4.78, 5) is 40.3. The van der Waals surface area contributed by atoms with Crippen LogP contribution in [0.2, 0.25) is 0 Å². The molecule has 0 bridgehead atoms. The van der Waals surface area contributed by atoms with Crippen LogP contribution in [-0.4, -0.2) is 34.0 Å². The van der Waals surface area contributed by atoms with Crippen LogP contribution in [0.3, 0.4) is 0 Å². The van der Waals surface area contributed by atoms with Crippen molar-refractivity contribution >= 4 is 28.1 Å². The van der Waals surface area contributed by atoms with Gasteiger partial charge >= 0.3 is 5.97 Å². The Labute approximate surface area is 201 Å². The number of pyridine rings is 1. The van der Waals surface area contributed by atoms with Crippen molar-refractivity contribution in [2.75, 3.05) is 6.61 Å². The van der Waals surface area contributed by atoms with E-state index < -0.39 is 18.1 Å². The van der Waals surface area contributed by atoms with Crippen LogP contribution < -0.4 is 10.1 Å². The molecule has 1 aliphatic rings. The van der Waals surface area contributed by atoms with Gasteiger partial charge in [-0.3, -0.25) is 14.6 Å². The van der Waals surface area contributed by atoms with Gasteiger partial charge in [-0.1, -0.05) is 43.3 Å². The van der Waals surface area contributed by atoms with Crippen molar-refractivity contribution in [2.24, 2.45) is 0 Å². The van der Waals surface area contributed by atoms with E-state index in [4.69, 9.17) is 9.47 Å². The zero-order chi connectivity index (χ0) is 23.9. The van der Waals surface area contributed by atoms with Gasteiger partial charge in [-0.25, -0.2) is 4.79 Å². The molecule has 34 heavy (non-hydrogen) atoms. The first kappa shape index (κ1) is 23.5. The Bertz CT molecular complexity index is 1150. The number of carbonyl (C=O) groups is 3. The van der Waals surface area contributed by atoms with Gasteiger partial charge in [0.2, 0.25) is 5.12 Å². The molecule has 0 spiro atoms. The summed E-state index contributed by atoms with van der Waals surface area (Å²) < 4.78 is 11.7. The van der Waals surface area contributed by atoms with E-state index in [1.54, 1.807) is 42.6 Å². The highest BCUT2D eigenvalue weighted by Crippen LogP contribution is 2.23. The normalized spacial score (nSPS) is 16.1. The van der Waals surface area contributed by atoms with E-state index in [1.807, 2.05) is 37.3 Å². The summed E-state index contributed by atoms with van der Waals surface area (Å²) in [6.45, 7) is 2.13. The molecule has 2 aromatic carbocycles. The van der Waals surface area contributed by atoms with Gasteiger partial charge in [0.25, 0.3) is 5.24 Å². The molecule has 8 heteroatoms. The lowest BCUT2D eigenvalue weighted by Crippen LogP contribution is -2.30. The number of aryl methyl sites for hydroxylation is 1. The van der Waals surface area contributed by atoms with Crippen LogP contribution >= 0.6 is 11.8 Å². The van der Waals surface area contributed by atoms with Crippen molar-refractivity contribution < 1.29 is 23.9 Å². The number of nitrogens with one attached hydrogen (secondary N) is 1. The molecular formula is C26H24N2O5S. The van der Waals surface area contributed by atoms with Gasteiger partial charge in [-0.15, -0.1) is 0 Å². The fourth-order valence-electron chi connectivity index (χ4n) is 3.44. The summed E-state index contributed by atoms with van der Waals surface area (Å²) >= 11 is 0.705. The summed E-state index contributed by atoms with van der Waals surface area (Å²) in [7, 11) is 0. The maximum absolute atomic E-state index is 12.7. The number of esters is 1. The second-order valence-electron chi connectivity index (χ2n) is 7.77. The number of carbonyl (C=O) groups excluding carboxylic acids is 3. The summed E-state index contributed by atoms with van der Waals surface area (Å²) in [5.41, 5.74) is 3.04. The molecule has 1 fully saturated rings. The third-order valence-corrected chi connectivity index (χ3v) is 6.17. The lowest BCUT2D eigenvalue weighted by atomic mass is 10.1. The van der Waals surface area contributed by atoms with Crippen molar-refractivity contribution in [1.29, 1.82) is 0 Å². The van der Waals surface area contributed by atoms with E-state index >= 15 is 0 Å². The Kier molecular flexibility index (Phi) is 7.59. The molecule has 7 nitrogen and oxygen atoms in total. The average Bonchev–Trinajstić information content (AvgIpc) is 3.19. The molecule has 1 aromatic heterocycles. The van der Waals surface area contributed by atoms with Crippen LogP contribution in [0.1, 0.15) is 40.2 Å². The molecule has 1 N–H and O–H groups in total. The SMILES string of the molecule is CCc1ccc(C(COc2ccc(CC3NC(=O)SC3=O)cc2)OC(=O)c2ccccc2)nc1. The van der Waals surface area contributed by atoms with Gasteiger partial charge in [0.05, 0.1) is 11.3 Å². The topological polar surface area (TPSA) is 94.6 Å². The van der Waals surface area contributed by atoms with E-state index in [-0.39, 0.29) is 17.0 Å². The zero-order valence-corrected chi connectivity index (χ0v) is 19.4. The fourth-order valence-corrected chi connectivity index (χ4v) is 4.11. The first-order chi connectivity index (χ1) is 16.5. The maximum Gasteiger partial charge on any atom is 0.338 e. The summed E-state index contributed by atoms with van der Waals surface area (Å²) in [5, 5.41) is 2.17. The highest BCUT2D eigenvalue weighted by molar-refractivity contribution is 8.26. The third kappa shape index (κ3) is 6.02. The van der Waals surface area contributed by atoms with Crippen LogP contribution in [0.15, 0.2) is 72.9 Å². The summed E-state index contributed by atoms with van der Waals surface area (Å²) in [6, 6.07) is 19.3. The standard InChI is InChI=1S/C26H24N2O5S/c1-2-17-10-13-21(27-15-17)23(33-24(29)19-6-4-3-5-7-19)16-32-20-11-8-18(9-12-20)14-22-25(30)34-26(31)28-22/h3-13,15,22-23H,2,14,16H2,1H3,(H,28,31). The molecule has 3 aromatic rings. The molecule has 2 unspecified atom stereocenters. The monoisotopic (exact) mass is 476 g/mol. The van der Waals surface area contributed by atoms with E-state index in [0.717, 1.165) is 17.5 Å². The second-order valence-corrected chi connectivity index (χ2v) is 8.75. The maximum atomic E-state index is 12.7. The number of hydrogen-bond acceptors (Lipinski definition) is 7. The smallest absolute Gasteiger partial charge is 0.338 e. The van der Waals surface area contributed by atoms with Crippen LogP contribution in [0.5, 0.6) is 5.75 Å². The number of nitrogens with zero attached hydrogens (tertiary/aromatic N) is 1. The van der Waals surface area contributed by atoms with Gasteiger partial charge in [-0.05, 0) is 47.9 Å². The van der Waals surface area contributed by atoms with Gasteiger partial charge < -0.3 is 14.8 Å². The van der Waals surface area contributed by atoms with Gasteiger partial charge in [-0.2, -0.15) is 0 Å². The van der Waals surface area contributed by atoms with Crippen molar-refractivity contribution in [3.05, 3.63) is 95.3 Å². The molecular weight excluding hydrogens is 452 g/mol. The van der Waals surface area contributed by atoms with Crippen LogP contribution in [0, 0.1) is 0 Å². The van der Waals surface area contributed by atoms with Crippen LogP contribution in [0.4, 0.5) is 4.79 Å². The molecule has 2 atom stereocenters. The minimum absolute atomic E-state index is 0.0875. The first-order valence-electron chi connectivity index (χ1n) is 11.0. The minimum atomic E-state index is -0.693. The minimum Gasteiger partial charge on any atom is -0.489 e. The number of aromatic nitrogens is 1. The van der Waals surface area contributed by atoms with Gasteiger partial charge in [0, 0.05) is 24.4 Å². The lowest BCUT2D eigenvalue weighted by molar-refractivity contribution is -0.112. The zero-order valence-electron chi connectivity index (χ0n) is 18.6. The van der Waals surface area contributed by atoms with E-state index in [9.17, 15) is 14.4 Å². The Balaban J connectivity index is 1.42. The average molecular weight is 477 g/mol. The Hall–Kier alpha value is -3.65.